The predicted octanol–water partition coefficient (Wildman–Crippen LogP) is 10.2. The van der Waals surface area contributed by atoms with Crippen LogP contribution in [0.5, 0.6) is 11.5 Å². The Bertz CT molecular complexity index is 1480. The first-order valence-electron chi connectivity index (χ1n) is 14.2. The van der Waals surface area contributed by atoms with Crippen LogP contribution in [0.3, 0.4) is 0 Å². The highest BCUT2D eigenvalue weighted by molar-refractivity contribution is 8.01. The zero-order valence-corrected chi connectivity index (χ0v) is 26.0. The maximum absolute atomic E-state index is 11.6. The van der Waals surface area contributed by atoms with E-state index in [4.69, 9.17) is 4.74 Å². The highest BCUT2D eigenvalue weighted by Gasteiger charge is 2.60. The molecule has 1 saturated carbocycles. The molecular formula is C35H44O2S. The lowest BCUT2D eigenvalue weighted by molar-refractivity contribution is -0.0296. The molecular weight excluding hydrogens is 484 g/mol. The Kier molecular flexibility index (Phi) is 5.04. The van der Waals surface area contributed by atoms with Crippen molar-refractivity contribution >= 4 is 22.5 Å². The Morgan fingerprint density at radius 1 is 0.789 bits per heavy atom. The minimum Gasteiger partial charge on any atom is -0.507 e. The van der Waals surface area contributed by atoms with E-state index < -0.39 is 4.93 Å². The van der Waals surface area contributed by atoms with Gasteiger partial charge in [-0.15, -0.1) is 0 Å². The minimum absolute atomic E-state index is 0.0830. The number of hydrogen-bond donors (Lipinski definition) is 1. The van der Waals surface area contributed by atoms with Crippen LogP contribution in [-0.2, 0) is 5.41 Å². The monoisotopic (exact) mass is 528 g/mol. The summed E-state index contributed by atoms with van der Waals surface area (Å²) in [5.74, 6) is 1.33. The number of aromatic hydroxyl groups is 1. The molecule has 0 amide bonds. The Labute approximate surface area is 233 Å². The molecule has 3 heteroatoms. The molecule has 0 aromatic heterocycles. The molecule has 38 heavy (non-hydrogen) atoms. The Hall–Kier alpha value is -2.13. The number of benzene rings is 3. The Balaban J connectivity index is 1.64. The van der Waals surface area contributed by atoms with E-state index in [1.54, 1.807) is 0 Å². The number of fused-ring (bicyclic) bond motifs is 8. The van der Waals surface area contributed by atoms with Crippen molar-refractivity contribution in [1.29, 1.82) is 0 Å². The van der Waals surface area contributed by atoms with Crippen molar-refractivity contribution < 1.29 is 9.84 Å². The highest BCUT2D eigenvalue weighted by Crippen LogP contribution is 2.69. The fourth-order valence-electron chi connectivity index (χ4n) is 8.15. The van der Waals surface area contributed by atoms with Crippen molar-refractivity contribution in [1.82, 2.24) is 0 Å². The number of hydrogen-bond acceptors (Lipinski definition) is 3. The average Bonchev–Trinajstić information content (AvgIpc) is 3.33. The van der Waals surface area contributed by atoms with Crippen molar-refractivity contribution in [3.05, 3.63) is 53.1 Å². The van der Waals surface area contributed by atoms with Crippen molar-refractivity contribution in [2.75, 3.05) is 0 Å². The number of ether oxygens (including phenoxy) is 1. The first kappa shape index (κ1) is 26.1. The molecule has 0 bridgehead atoms. The number of phenolic OH excluding ortho intramolecular Hbond substituents is 1. The highest BCUT2D eigenvalue weighted by atomic mass is 32.2. The lowest BCUT2D eigenvalue weighted by atomic mass is 9.71. The van der Waals surface area contributed by atoms with Gasteiger partial charge in [-0.05, 0) is 76.4 Å². The maximum Gasteiger partial charge on any atom is 0.168 e. The van der Waals surface area contributed by atoms with Gasteiger partial charge in [-0.2, -0.15) is 0 Å². The first-order valence-corrected chi connectivity index (χ1v) is 15.0. The van der Waals surface area contributed by atoms with E-state index in [2.05, 4.69) is 113 Å². The Morgan fingerprint density at radius 2 is 1.39 bits per heavy atom. The molecule has 3 aromatic carbocycles. The van der Waals surface area contributed by atoms with Gasteiger partial charge in [-0.1, -0.05) is 105 Å². The van der Waals surface area contributed by atoms with Crippen LogP contribution in [0.2, 0.25) is 0 Å². The van der Waals surface area contributed by atoms with E-state index in [0.717, 1.165) is 34.3 Å². The number of aryl methyl sites for hydroxylation is 1. The normalized spacial score (nSPS) is 21.9. The number of phenols is 1. The summed E-state index contributed by atoms with van der Waals surface area (Å²) in [7, 11) is 0. The van der Waals surface area contributed by atoms with Gasteiger partial charge in [-0.25, -0.2) is 0 Å². The van der Waals surface area contributed by atoms with Gasteiger partial charge in [0.1, 0.15) is 11.5 Å². The average molecular weight is 529 g/mol. The van der Waals surface area contributed by atoms with Crippen molar-refractivity contribution in [3.63, 3.8) is 0 Å². The fraction of sp³-hybridized carbons (Fsp3) is 0.543. The molecule has 1 heterocycles. The summed E-state index contributed by atoms with van der Waals surface area (Å²) < 4.78 is 7.00. The van der Waals surface area contributed by atoms with Gasteiger partial charge in [0.2, 0.25) is 0 Å². The van der Waals surface area contributed by atoms with Gasteiger partial charge < -0.3 is 9.84 Å². The second-order valence-electron chi connectivity index (χ2n) is 15.7. The summed E-state index contributed by atoms with van der Waals surface area (Å²) in [6, 6.07) is 13.5. The molecule has 0 atom stereocenters. The van der Waals surface area contributed by atoms with E-state index in [0.29, 0.717) is 5.75 Å². The fourth-order valence-corrected chi connectivity index (χ4v) is 9.58. The molecule has 3 aliphatic rings. The molecule has 2 nitrogen and oxygen atoms in total. The molecule has 0 unspecified atom stereocenters. The summed E-state index contributed by atoms with van der Waals surface area (Å²) >= 11 is 1.83. The standard InChI is InChI=1S/C35H44O2S/c1-20-12-13-21-24(14-20)34(18-32(8,9)33(10,11)19-34)25-17-26(36)22-16-28-27(15-23(22)29(21)25)37-35(38-28,30(2,3)4)31(5,6)7/h12-17,36H,18-19H2,1-11H3. The summed E-state index contributed by atoms with van der Waals surface area (Å²) in [5, 5.41) is 13.6. The lowest BCUT2D eigenvalue weighted by Crippen LogP contribution is -2.53. The first-order chi connectivity index (χ1) is 17.3. The van der Waals surface area contributed by atoms with E-state index in [9.17, 15) is 5.11 Å². The van der Waals surface area contributed by atoms with Crippen molar-refractivity contribution in [3.8, 4) is 22.6 Å². The van der Waals surface area contributed by atoms with Crippen LogP contribution >= 0.6 is 11.8 Å². The smallest absolute Gasteiger partial charge is 0.168 e. The molecule has 1 fully saturated rings. The molecule has 3 aromatic rings. The van der Waals surface area contributed by atoms with Crippen molar-refractivity contribution in [2.24, 2.45) is 21.7 Å². The third-order valence-corrected chi connectivity index (χ3v) is 12.6. The minimum atomic E-state index is -0.408. The van der Waals surface area contributed by atoms with Crippen LogP contribution in [0.4, 0.5) is 0 Å². The van der Waals surface area contributed by atoms with Gasteiger partial charge in [-0.3, -0.25) is 0 Å². The van der Waals surface area contributed by atoms with Crippen LogP contribution < -0.4 is 4.74 Å². The maximum atomic E-state index is 11.6. The van der Waals surface area contributed by atoms with E-state index in [1.807, 2.05) is 11.8 Å². The van der Waals surface area contributed by atoms with E-state index >= 15 is 0 Å². The largest absolute Gasteiger partial charge is 0.507 e. The summed E-state index contributed by atoms with van der Waals surface area (Å²) in [4.78, 5) is 0.714. The second kappa shape index (κ2) is 7.33. The van der Waals surface area contributed by atoms with Crippen molar-refractivity contribution in [2.45, 2.75) is 104 Å². The molecule has 0 saturated heterocycles. The SMILES string of the molecule is Cc1ccc2c(c1)C1(CC(C)(C)C(C)(C)C1)c1cc(O)c3cc4c(cc3c1-2)OC(C(C)(C)C)(C(C)(C)C)S4. The molecule has 0 radical (unpaired) electrons. The zero-order chi connectivity index (χ0) is 27.8. The summed E-state index contributed by atoms with van der Waals surface area (Å²) in [6.07, 6.45) is 2.16. The van der Waals surface area contributed by atoms with Gasteiger partial charge in [0.05, 0.1) is 4.90 Å². The quantitative estimate of drug-likeness (QED) is 0.315. The summed E-state index contributed by atoms with van der Waals surface area (Å²) in [5.41, 5.74) is 6.75. The Morgan fingerprint density at radius 3 is 1.97 bits per heavy atom. The van der Waals surface area contributed by atoms with Gasteiger partial charge >= 0.3 is 0 Å². The third-order valence-electron chi connectivity index (χ3n) is 10.5. The second-order valence-corrected chi connectivity index (χ2v) is 17.0. The zero-order valence-electron chi connectivity index (χ0n) is 25.1. The van der Waals surface area contributed by atoms with Crippen LogP contribution in [0.25, 0.3) is 21.9 Å². The predicted molar refractivity (Wildman–Crippen MR) is 161 cm³/mol. The van der Waals surface area contributed by atoms with E-state index in [1.165, 1.54) is 27.8 Å². The molecule has 1 aliphatic heterocycles. The van der Waals surface area contributed by atoms with Crippen LogP contribution in [-0.4, -0.2) is 10.0 Å². The van der Waals surface area contributed by atoms with Crippen LogP contribution in [0.15, 0.2) is 41.3 Å². The van der Waals surface area contributed by atoms with Gasteiger partial charge in [0.15, 0.2) is 4.93 Å². The molecule has 1 N–H and O–H groups in total. The molecule has 1 spiro atoms. The lowest BCUT2D eigenvalue weighted by Gasteiger charge is -2.48. The molecule has 6 rings (SSSR count). The summed E-state index contributed by atoms with van der Waals surface area (Å²) in [6.45, 7) is 25.6. The number of thioether (sulfide) groups is 1. The van der Waals surface area contributed by atoms with Crippen LogP contribution in [0, 0.1) is 28.6 Å². The topological polar surface area (TPSA) is 29.5 Å². The molecule has 202 valence electrons. The van der Waals surface area contributed by atoms with Crippen LogP contribution in [0.1, 0.15) is 98.8 Å². The third kappa shape index (κ3) is 3.14. The molecule has 2 aliphatic carbocycles. The van der Waals surface area contributed by atoms with E-state index in [-0.39, 0.29) is 27.1 Å². The van der Waals surface area contributed by atoms with Gasteiger partial charge in [0.25, 0.3) is 0 Å². The van der Waals surface area contributed by atoms with Gasteiger partial charge in [0, 0.05) is 21.6 Å². The number of rotatable bonds is 0.